The molecule has 2 heterocycles. The zero-order chi connectivity index (χ0) is 22.0. The minimum Gasteiger partial charge on any atom is -0.507 e. The molecule has 0 fully saturated rings. The van der Waals surface area contributed by atoms with Crippen LogP contribution in [0, 0.1) is 6.92 Å². The van der Waals surface area contributed by atoms with Crippen molar-refractivity contribution in [3.63, 3.8) is 0 Å². The summed E-state index contributed by atoms with van der Waals surface area (Å²) >= 11 is 0. The number of pyridine rings is 1. The van der Waals surface area contributed by atoms with Gasteiger partial charge in [-0.2, -0.15) is 0 Å². The number of rotatable bonds is 7. The summed E-state index contributed by atoms with van der Waals surface area (Å²) in [4.78, 5) is 36.4. The number of esters is 1. The van der Waals surface area contributed by atoms with Crippen molar-refractivity contribution >= 4 is 11.9 Å². The highest BCUT2D eigenvalue weighted by atomic mass is 16.7. The van der Waals surface area contributed by atoms with Gasteiger partial charge in [-0.1, -0.05) is 0 Å². The molecule has 3 rings (SSSR count). The first kappa shape index (κ1) is 21.0. The number of nitrogens with zero attached hydrogens (tertiary/aromatic N) is 1. The maximum absolute atomic E-state index is 13.1. The molecule has 1 aliphatic rings. The molecule has 10 nitrogen and oxygen atoms in total. The molecule has 1 aromatic carbocycles. The summed E-state index contributed by atoms with van der Waals surface area (Å²) in [5.74, 6) is -2.08. The number of aryl methyl sites for hydroxylation is 1. The highest BCUT2D eigenvalue weighted by Crippen LogP contribution is 2.45. The van der Waals surface area contributed by atoms with Gasteiger partial charge in [0.25, 0.3) is 5.56 Å². The summed E-state index contributed by atoms with van der Waals surface area (Å²) in [6.07, 6.45) is -0.280. The van der Waals surface area contributed by atoms with E-state index in [0.717, 1.165) is 4.57 Å². The van der Waals surface area contributed by atoms with Crippen LogP contribution in [-0.4, -0.2) is 47.7 Å². The maximum Gasteiger partial charge on any atom is 0.323 e. The van der Waals surface area contributed by atoms with Crippen molar-refractivity contribution in [2.45, 2.75) is 25.8 Å². The highest BCUT2D eigenvalue weighted by Gasteiger charge is 2.30. The molecule has 1 aromatic heterocycles. The Morgan fingerprint density at radius 2 is 1.97 bits per heavy atom. The fraction of sp³-hybridized carbons (Fsp3) is 0.350. The molecule has 160 valence electrons. The number of carboxylic acid groups (broad SMARTS) is 1. The molecule has 0 saturated carbocycles. The average molecular weight is 419 g/mol. The Kier molecular flexibility index (Phi) is 5.86. The third-order valence-corrected chi connectivity index (χ3v) is 4.85. The predicted octanol–water partition coefficient (Wildman–Crippen LogP) is 1.38. The summed E-state index contributed by atoms with van der Waals surface area (Å²) in [5, 5.41) is 19.7. The lowest BCUT2D eigenvalue weighted by atomic mass is 9.88. The minimum absolute atomic E-state index is 0.0159. The van der Waals surface area contributed by atoms with Crippen LogP contribution in [0.3, 0.4) is 0 Å². The second-order valence-electron chi connectivity index (χ2n) is 6.66. The second kappa shape index (κ2) is 8.36. The van der Waals surface area contributed by atoms with Gasteiger partial charge in [0, 0.05) is 11.6 Å². The van der Waals surface area contributed by atoms with Gasteiger partial charge in [-0.3, -0.25) is 14.4 Å². The van der Waals surface area contributed by atoms with Crippen molar-refractivity contribution < 1.29 is 38.7 Å². The van der Waals surface area contributed by atoms with Gasteiger partial charge >= 0.3 is 11.9 Å². The van der Waals surface area contributed by atoms with Gasteiger partial charge in [0.15, 0.2) is 11.5 Å². The van der Waals surface area contributed by atoms with Crippen LogP contribution in [0.4, 0.5) is 0 Å². The van der Waals surface area contributed by atoms with Crippen molar-refractivity contribution in [3.05, 3.63) is 45.4 Å². The Bertz CT molecular complexity index is 1060. The Morgan fingerprint density at radius 3 is 2.60 bits per heavy atom. The average Bonchev–Trinajstić information content (AvgIpc) is 3.17. The molecule has 0 amide bonds. The number of carboxylic acids is 1. The molecule has 0 bridgehead atoms. The number of aliphatic carboxylic acids is 1. The third kappa shape index (κ3) is 3.88. The van der Waals surface area contributed by atoms with E-state index in [9.17, 15) is 19.5 Å². The molecule has 2 N–H and O–H groups in total. The predicted molar refractivity (Wildman–Crippen MR) is 102 cm³/mol. The van der Waals surface area contributed by atoms with Gasteiger partial charge in [-0.15, -0.1) is 0 Å². The summed E-state index contributed by atoms with van der Waals surface area (Å²) < 4.78 is 21.9. The molecule has 30 heavy (non-hydrogen) atoms. The number of hydrogen-bond donors (Lipinski definition) is 2. The normalized spacial score (nSPS) is 13.0. The summed E-state index contributed by atoms with van der Waals surface area (Å²) in [6, 6.07) is 4.44. The molecule has 0 spiro atoms. The largest absolute Gasteiger partial charge is 0.507 e. The van der Waals surface area contributed by atoms with Crippen LogP contribution in [0.5, 0.6) is 23.0 Å². The lowest BCUT2D eigenvalue weighted by Crippen LogP contribution is -2.30. The molecule has 2 aromatic rings. The van der Waals surface area contributed by atoms with E-state index in [1.54, 1.807) is 12.1 Å². The lowest BCUT2D eigenvalue weighted by Gasteiger charge is -2.21. The molecule has 10 heteroatoms. The Labute approximate surface area is 171 Å². The summed E-state index contributed by atoms with van der Waals surface area (Å²) in [7, 11) is 2.64. The molecule has 0 saturated heterocycles. The highest BCUT2D eigenvalue weighted by molar-refractivity contribution is 5.72. The molecule has 0 unspecified atom stereocenters. The Morgan fingerprint density at radius 1 is 1.23 bits per heavy atom. The lowest BCUT2D eigenvalue weighted by molar-refractivity contribution is -0.141. The van der Waals surface area contributed by atoms with Crippen molar-refractivity contribution in [3.8, 4) is 23.0 Å². The van der Waals surface area contributed by atoms with Gasteiger partial charge in [0.1, 0.15) is 12.3 Å². The Hall–Kier alpha value is -3.69. The number of methoxy groups -OCH3 is 2. The van der Waals surface area contributed by atoms with Gasteiger partial charge in [0.05, 0.1) is 26.2 Å². The number of carbonyl (C=O) groups is 2. The molecule has 1 atom stereocenters. The van der Waals surface area contributed by atoms with Crippen LogP contribution < -0.4 is 19.8 Å². The summed E-state index contributed by atoms with van der Waals surface area (Å²) in [6.45, 7) is 0.901. The van der Waals surface area contributed by atoms with Crippen LogP contribution >= 0.6 is 0 Å². The number of aromatic hydroxyl groups is 1. The van der Waals surface area contributed by atoms with E-state index in [2.05, 4.69) is 0 Å². The van der Waals surface area contributed by atoms with Crippen LogP contribution in [0.15, 0.2) is 23.0 Å². The second-order valence-corrected chi connectivity index (χ2v) is 6.66. The Balaban J connectivity index is 2.23. The van der Waals surface area contributed by atoms with E-state index in [0.29, 0.717) is 22.8 Å². The quantitative estimate of drug-likeness (QED) is 0.638. The minimum atomic E-state index is -1.22. The van der Waals surface area contributed by atoms with Crippen LogP contribution in [0.25, 0.3) is 0 Å². The zero-order valence-corrected chi connectivity index (χ0v) is 16.6. The van der Waals surface area contributed by atoms with E-state index < -0.39 is 30.0 Å². The zero-order valence-electron chi connectivity index (χ0n) is 16.6. The number of fused-ring (bicyclic) bond motifs is 1. The first-order valence-corrected chi connectivity index (χ1v) is 8.96. The van der Waals surface area contributed by atoms with Crippen molar-refractivity contribution in [1.82, 2.24) is 4.57 Å². The van der Waals surface area contributed by atoms with Gasteiger partial charge < -0.3 is 33.7 Å². The van der Waals surface area contributed by atoms with Crippen molar-refractivity contribution in [2.75, 3.05) is 21.0 Å². The summed E-state index contributed by atoms with van der Waals surface area (Å²) in [5.41, 5.74) is -0.156. The van der Waals surface area contributed by atoms with Gasteiger partial charge in [0.2, 0.25) is 12.5 Å². The third-order valence-electron chi connectivity index (χ3n) is 4.85. The standard InChI is InChI=1S/C20H21NO9/c1-10-4-13(22)18(20(26)21(10)8-16(23)24)12(7-17(25)28-3)11-5-14(27-2)19-15(6-11)29-9-30-19/h4-6,12,22H,7-9H2,1-3H3,(H,23,24)/t12-/m1/s1. The van der Waals surface area contributed by atoms with Crippen LogP contribution in [0.1, 0.15) is 29.2 Å². The molecule has 0 aliphatic carbocycles. The number of aromatic nitrogens is 1. The number of benzene rings is 1. The van der Waals surface area contributed by atoms with Crippen LogP contribution in [-0.2, 0) is 20.9 Å². The number of ether oxygens (including phenoxy) is 4. The number of carbonyl (C=O) groups excluding carboxylic acids is 1. The molecular weight excluding hydrogens is 398 g/mol. The molecule has 0 radical (unpaired) electrons. The fourth-order valence-electron chi connectivity index (χ4n) is 3.42. The topological polar surface area (TPSA) is 134 Å². The van der Waals surface area contributed by atoms with E-state index in [1.165, 1.54) is 27.2 Å². The van der Waals surface area contributed by atoms with E-state index in [4.69, 9.17) is 24.1 Å². The van der Waals surface area contributed by atoms with Crippen LogP contribution in [0.2, 0.25) is 0 Å². The van der Waals surface area contributed by atoms with Gasteiger partial charge in [-0.25, -0.2) is 0 Å². The van der Waals surface area contributed by atoms with E-state index >= 15 is 0 Å². The van der Waals surface area contributed by atoms with E-state index in [-0.39, 0.29) is 30.2 Å². The SMILES string of the molecule is COC(=O)C[C@H](c1cc(OC)c2c(c1)OCO2)c1c(O)cc(C)n(CC(=O)O)c1=O. The van der Waals surface area contributed by atoms with Crippen molar-refractivity contribution in [2.24, 2.45) is 0 Å². The monoisotopic (exact) mass is 419 g/mol. The smallest absolute Gasteiger partial charge is 0.323 e. The maximum atomic E-state index is 13.1. The van der Waals surface area contributed by atoms with E-state index in [1.807, 2.05) is 0 Å². The fourth-order valence-corrected chi connectivity index (χ4v) is 3.42. The molecule has 1 aliphatic heterocycles. The number of hydrogen-bond acceptors (Lipinski definition) is 8. The first-order valence-electron chi connectivity index (χ1n) is 8.96. The molecular formula is C20H21NO9. The first-order chi connectivity index (χ1) is 14.3. The van der Waals surface area contributed by atoms with Gasteiger partial charge in [-0.05, 0) is 30.7 Å². The van der Waals surface area contributed by atoms with Crippen molar-refractivity contribution in [1.29, 1.82) is 0 Å².